The molecule has 1 aromatic heterocycles. The molecule has 0 amide bonds. The summed E-state index contributed by atoms with van der Waals surface area (Å²) >= 11 is 0. The molecule has 0 aliphatic rings. The van der Waals surface area contributed by atoms with Crippen molar-refractivity contribution in [2.75, 3.05) is 5.32 Å². The SMILES string of the molecule is Cn1c(Nc2ccccc2)c([N+](=O)[O-])c(=O)n(C)c1=O. The third kappa shape index (κ3) is 2.18. The summed E-state index contributed by atoms with van der Waals surface area (Å²) in [5, 5.41) is 13.8. The van der Waals surface area contributed by atoms with Crippen molar-refractivity contribution in [1.82, 2.24) is 9.13 Å². The molecule has 8 heteroatoms. The second kappa shape index (κ2) is 5.00. The Kier molecular flexibility index (Phi) is 3.38. The van der Waals surface area contributed by atoms with Crippen molar-refractivity contribution in [2.24, 2.45) is 14.1 Å². The molecule has 0 saturated heterocycles. The van der Waals surface area contributed by atoms with E-state index in [9.17, 15) is 19.7 Å². The predicted molar refractivity (Wildman–Crippen MR) is 73.3 cm³/mol. The highest BCUT2D eigenvalue weighted by molar-refractivity contribution is 5.64. The van der Waals surface area contributed by atoms with E-state index in [-0.39, 0.29) is 5.82 Å². The number of para-hydroxylation sites is 1. The van der Waals surface area contributed by atoms with E-state index < -0.39 is 21.9 Å². The van der Waals surface area contributed by atoms with Crippen molar-refractivity contribution in [3.8, 4) is 0 Å². The summed E-state index contributed by atoms with van der Waals surface area (Å²) in [4.78, 5) is 34.0. The summed E-state index contributed by atoms with van der Waals surface area (Å²) in [5.41, 5.74) is -1.71. The van der Waals surface area contributed by atoms with E-state index in [1.807, 2.05) is 0 Å². The van der Waals surface area contributed by atoms with Crippen molar-refractivity contribution in [2.45, 2.75) is 0 Å². The highest BCUT2D eigenvalue weighted by Gasteiger charge is 2.25. The zero-order valence-corrected chi connectivity index (χ0v) is 10.9. The van der Waals surface area contributed by atoms with Crippen molar-refractivity contribution >= 4 is 17.2 Å². The number of nitro groups is 1. The molecule has 1 N–H and O–H groups in total. The van der Waals surface area contributed by atoms with Gasteiger partial charge in [0, 0.05) is 19.8 Å². The second-order valence-electron chi connectivity index (χ2n) is 4.15. The molecule has 2 rings (SSSR count). The maximum absolute atomic E-state index is 11.9. The predicted octanol–water partition coefficient (Wildman–Crippen LogP) is 0.736. The maximum atomic E-state index is 11.9. The normalized spacial score (nSPS) is 10.3. The molecule has 0 aliphatic heterocycles. The van der Waals surface area contributed by atoms with Crippen LogP contribution in [0.3, 0.4) is 0 Å². The number of hydrogen-bond donors (Lipinski definition) is 1. The van der Waals surface area contributed by atoms with Crippen molar-refractivity contribution in [3.05, 3.63) is 61.3 Å². The van der Waals surface area contributed by atoms with Gasteiger partial charge in [-0.2, -0.15) is 0 Å². The Morgan fingerprint density at radius 2 is 1.70 bits per heavy atom. The Morgan fingerprint density at radius 1 is 1.10 bits per heavy atom. The van der Waals surface area contributed by atoms with Crippen molar-refractivity contribution < 1.29 is 4.92 Å². The Hall–Kier alpha value is -2.90. The van der Waals surface area contributed by atoms with Crippen LogP contribution < -0.4 is 16.6 Å². The Bertz CT molecular complexity index is 777. The van der Waals surface area contributed by atoms with E-state index in [1.165, 1.54) is 14.1 Å². The zero-order chi connectivity index (χ0) is 14.9. The average Bonchev–Trinajstić information content (AvgIpc) is 2.43. The Labute approximate surface area is 113 Å². The molecular weight excluding hydrogens is 264 g/mol. The first-order chi connectivity index (χ1) is 9.43. The molecule has 1 aromatic carbocycles. The van der Waals surface area contributed by atoms with Crippen LogP contribution in [-0.4, -0.2) is 14.1 Å². The van der Waals surface area contributed by atoms with Crippen LogP contribution >= 0.6 is 0 Å². The summed E-state index contributed by atoms with van der Waals surface area (Å²) in [6.07, 6.45) is 0. The third-order valence-corrected chi connectivity index (χ3v) is 2.86. The minimum atomic E-state index is -0.948. The van der Waals surface area contributed by atoms with E-state index in [2.05, 4.69) is 5.32 Å². The smallest absolute Gasteiger partial charge is 0.336 e. The number of hydrogen-bond acceptors (Lipinski definition) is 5. The summed E-state index contributed by atoms with van der Waals surface area (Å²) in [6, 6.07) is 8.58. The van der Waals surface area contributed by atoms with Gasteiger partial charge in [-0.25, -0.2) is 4.79 Å². The summed E-state index contributed by atoms with van der Waals surface area (Å²) < 4.78 is 1.74. The fraction of sp³-hybridized carbons (Fsp3) is 0.167. The average molecular weight is 276 g/mol. The zero-order valence-electron chi connectivity index (χ0n) is 10.9. The first-order valence-corrected chi connectivity index (χ1v) is 5.70. The van der Waals surface area contributed by atoms with Crippen molar-refractivity contribution in [3.63, 3.8) is 0 Å². The fourth-order valence-electron chi connectivity index (χ4n) is 1.79. The van der Waals surface area contributed by atoms with Gasteiger partial charge in [0.05, 0.1) is 4.92 Å². The lowest BCUT2D eigenvalue weighted by atomic mass is 10.3. The molecule has 0 aliphatic carbocycles. The van der Waals surface area contributed by atoms with Crippen LogP contribution in [0.5, 0.6) is 0 Å². The first kappa shape index (κ1) is 13.5. The summed E-state index contributed by atoms with van der Waals surface area (Å²) in [7, 11) is 2.56. The van der Waals surface area contributed by atoms with Crippen LogP contribution in [0.1, 0.15) is 0 Å². The van der Waals surface area contributed by atoms with Gasteiger partial charge in [0.15, 0.2) is 5.82 Å². The minimum absolute atomic E-state index is 0.144. The quantitative estimate of drug-likeness (QED) is 0.658. The van der Waals surface area contributed by atoms with E-state index in [0.717, 1.165) is 4.57 Å². The summed E-state index contributed by atoms with van der Waals surface area (Å²) in [6.45, 7) is 0. The number of benzene rings is 1. The van der Waals surface area contributed by atoms with Crippen molar-refractivity contribution in [1.29, 1.82) is 0 Å². The molecule has 0 fully saturated rings. The lowest BCUT2D eigenvalue weighted by molar-refractivity contribution is -0.386. The number of nitrogens with one attached hydrogen (secondary N) is 1. The van der Waals surface area contributed by atoms with Crippen LogP contribution in [0.25, 0.3) is 0 Å². The van der Waals surface area contributed by atoms with E-state index in [4.69, 9.17) is 0 Å². The van der Waals surface area contributed by atoms with Gasteiger partial charge in [-0.1, -0.05) is 18.2 Å². The third-order valence-electron chi connectivity index (χ3n) is 2.86. The van der Waals surface area contributed by atoms with Gasteiger partial charge >= 0.3 is 16.9 Å². The topological polar surface area (TPSA) is 99.2 Å². The van der Waals surface area contributed by atoms with Gasteiger partial charge in [0.25, 0.3) is 0 Å². The first-order valence-electron chi connectivity index (χ1n) is 5.70. The van der Waals surface area contributed by atoms with Gasteiger partial charge < -0.3 is 5.32 Å². The molecule has 1 heterocycles. The molecular formula is C12H12N4O4. The van der Waals surface area contributed by atoms with Crippen LogP contribution in [0.4, 0.5) is 17.2 Å². The Balaban J connectivity index is 2.72. The molecule has 8 nitrogen and oxygen atoms in total. The summed E-state index contributed by atoms with van der Waals surface area (Å²) in [5.74, 6) is -0.144. The highest BCUT2D eigenvalue weighted by atomic mass is 16.6. The van der Waals surface area contributed by atoms with Gasteiger partial charge in [-0.05, 0) is 12.1 Å². The standard InChI is InChI=1S/C12H12N4O4/c1-14-10(13-8-6-4-3-5-7-8)9(16(19)20)11(17)15(2)12(14)18/h3-7,13H,1-2H3. The van der Waals surface area contributed by atoms with Gasteiger partial charge in [0.1, 0.15) is 0 Å². The minimum Gasteiger partial charge on any atom is -0.336 e. The lowest BCUT2D eigenvalue weighted by Gasteiger charge is -2.12. The lowest BCUT2D eigenvalue weighted by Crippen LogP contribution is -2.39. The maximum Gasteiger partial charge on any atom is 0.374 e. The Morgan fingerprint density at radius 3 is 2.25 bits per heavy atom. The molecule has 0 bridgehead atoms. The number of rotatable bonds is 3. The highest BCUT2D eigenvalue weighted by Crippen LogP contribution is 2.21. The molecule has 0 atom stereocenters. The van der Waals surface area contributed by atoms with E-state index in [1.54, 1.807) is 30.3 Å². The molecule has 0 spiro atoms. The molecule has 104 valence electrons. The molecule has 0 unspecified atom stereocenters. The van der Waals surface area contributed by atoms with Crippen LogP contribution in [0.2, 0.25) is 0 Å². The number of aromatic nitrogens is 2. The van der Waals surface area contributed by atoms with E-state index >= 15 is 0 Å². The van der Waals surface area contributed by atoms with Gasteiger partial charge in [-0.3, -0.25) is 24.0 Å². The van der Waals surface area contributed by atoms with Gasteiger partial charge in [0.2, 0.25) is 0 Å². The van der Waals surface area contributed by atoms with Crippen LogP contribution in [-0.2, 0) is 14.1 Å². The molecule has 0 radical (unpaired) electrons. The second-order valence-corrected chi connectivity index (χ2v) is 4.15. The van der Waals surface area contributed by atoms with Crippen LogP contribution in [0, 0.1) is 10.1 Å². The number of nitrogens with zero attached hydrogens (tertiary/aromatic N) is 3. The largest absolute Gasteiger partial charge is 0.374 e. The monoisotopic (exact) mass is 276 g/mol. The fourth-order valence-corrected chi connectivity index (χ4v) is 1.79. The van der Waals surface area contributed by atoms with Gasteiger partial charge in [-0.15, -0.1) is 0 Å². The molecule has 0 saturated carbocycles. The number of anilines is 2. The van der Waals surface area contributed by atoms with E-state index in [0.29, 0.717) is 10.3 Å². The van der Waals surface area contributed by atoms with Crippen LogP contribution in [0.15, 0.2) is 39.9 Å². The molecule has 20 heavy (non-hydrogen) atoms. The molecule has 2 aromatic rings.